The Morgan fingerprint density at radius 3 is 2.69 bits per heavy atom. The Balaban J connectivity index is 2.49. The number of nitriles is 1. The molecule has 0 aromatic rings. The minimum atomic E-state index is -3.36. The van der Waals surface area contributed by atoms with E-state index in [0.29, 0.717) is 6.42 Å². The molecule has 13 heavy (non-hydrogen) atoms. The predicted molar refractivity (Wildman–Crippen MR) is 47.3 cm³/mol. The smallest absolute Gasteiger partial charge is 0.264 e. The summed E-state index contributed by atoms with van der Waals surface area (Å²) in [4.78, 5) is 0. The second-order valence-electron chi connectivity index (χ2n) is 3.41. The maximum absolute atomic E-state index is 10.8. The fraction of sp³-hybridized carbons (Fsp3) is 0.875. The van der Waals surface area contributed by atoms with Crippen molar-refractivity contribution in [1.29, 1.82) is 5.26 Å². The predicted octanol–water partition coefficient (Wildman–Crippen LogP) is 1.04. The van der Waals surface area contributed by atoms with Crippen molar-refractivity contribution in [3.05, 3.63) is 0 Å². The van der Waals surface area contributed by atoms with Gasteiger partial charge in [-0.3, -0.25) is 4.18 Å². The van der Waals surface area contributed by atoms with E-state index in [2.05, 4.69) is 6.07 Å². The van der Waals surface area contributed by atoms with Crippen molar-refractivity contribution in [3.63, 3.8) is 0 Å². The summed E-state index contributed by atoms with van der Waals surface area (Å²) < 4.78 is 26.4. The van der Waals surface area contributed by atoms with Gasteiger partial charge in [0.2, 0.25) is 0 Å². The van der Waals surface area contributed by atoms with Crippen molar-refractivity contribution in [3.8, 4) is 6.07 Å². The average Bonchev–Trinajstić information content (AvgIpc) is 2.01. The normalized spacial score (nSPS) is 29.5. The van der Waals surface area contributed by atoms with E-state index in [0.717, 1.165) is 25.5 Å². The Labute approximate surface area is 78.6 Å². The Hall–Kier alpha value is -0.600. The zero-order chi connectivity index (χ0) is 9.90. The molecule has 0 aliphatic heterocycles. The molecular weight excluding hydrogens is 190 g/mol. The van der Waals surface area contributed by atoms with Crippen LogP contribution in [0.5, 0.6) is 0 Å². The lowest BCUT2D eigenvalue weighted by Crippen LogP contribution is -2.24. The molecule has 1 saturated carbocycles. The van der Waals surface area contributed by atoms with Gasteiger partial charge in [0.15, 0.2) is 0 Å². The molecule has 0 radical (unpaired) electrons. The monoisotopic (exact) mass is 203 g/mol. The summed E-state index contributed by atoms with van der Waals surface area (Å²) in [6.07, 6.45) is 3.78. The molecule has 74 valence electrons. The van der Waals surface area contributed by atoms with Gasteiger partial charge in [0.05, 0.1) is 18.4 Å². The lowest BCUT2D eigenvalue weighted by molar-refractivity contribution is 0.147. The molecule has 0 spiro atoms. The highest BCUT2D eigenvalue weighted by Crippen LogP contribution is 2.26. The second-order valence-corrected chi connectivity index (χ2v) is 5.02. The van der Waals surface area contributed by atoms with Crippen LogP contribution in [-0.2, 0) is 14.3 Å². The van der Waals surface area contributed by atoms with Gasteiger partial charge in [-0.25, -0.2) is 0 Å². The third-order valence-corrected chi connectivity index (χ3v) is 2.74. The Morgan fingerprint density at radius 1 is 1.46 bits per heavy atom. The van der Waals surface area contributed by atoms with Gasteiger partial charge in [-0.05, 0) is 25.7 Å². The van der Waals surface area contributed by atoms with Crippen LogP contribution in [0.1, 0.15) is 25.7 Å². The molecule has 1 fully saturated rings. The van der Waals surface area contributed by atoms with Crippen LogP contribution in [0.15, 0.2) is 0 Å². The van der Waals surface area contributed by atoms with Crippen LogP contribution in [0.2, 0.25) is 0 Å². The van der Waals surface area contributed by atoms with E-state index in [1.54, 1.807) is 0 Å². The third-order valence-electron chi connectivity index (χ3n) is 2.12. The summed E-state index contributed by atoms with van der Waals surface area (Å²) in [5.41, 5.74) is 0. The van der Waals surface area contributed by atoms with Crippen LogP contribution in [0, 0.1) is 17.2 Å². The Morgan fingerprint density at radius 2 is 2.15 bits per heavy atom. The van der Waals surface area contributed by atoms with Crippen molar-refractivity contribution >= 4 is 10.1 Å². The minimum Gasteiger partial charge on any atom is -0.267 e. The summed E-state index contributed by atoms with van der Waals surface area (Å²) >= 11 is 0. The van der Waals surface area contributed by atoms with Gasteiger partial charge in [0.1, 0.15) is 0 Å². The summed E-state index contributed by atoms with van der Waals surface area (Å²) in [6.45, 7) is 0. The average molecular weight is 203 g/mol. The van der Waals surface area contributed by atoms with Crippen molar-refractivity contribution in [2.75, 3.05) is 6.26 Å². The molecule has 0 N–H and O–H groups in total. The maximum Gasteiger partial charge on any atom is 0.264 e. The summed E-state index contributed by atoms with van der Waals surface area (Å²) in [6, 6.07) is 2.14. The molecule has 1 aliphatic carbocycles. The van der Waals surface area contributed by atoms with E-state index in [4.69, 9.17) is 9.44 Å². The minimum absolute atomic E-state index is 0.0412. The standard InChI is InChI=1S/C8H13NO3S/c1-13(10,11)12-8-4-2-3-7(5-8)6-9/h7-8H,2-5H2,1H3. The molecule has 1 aliphatic rings. The molecule has 2 atom stereocenters. The lowest BCUT2D eigenvalue weighted by Gasteiger charge is -2.23. The van der Waals surface area contributed by atoms with Crippen LogP contribution in [0.4, 0.5) is 0 Å². The highest BCUT2D eigenvalue weighted by atomic mass is 32.2. The Bertz CT molecular complexity index is 304. The van der Waals surface area contributed by atoms with Gasteiger partial charge in [-0.15, -0.1) is 0 Å². The van der Waals surface area contributed by atoms with Gasteiger partial charge in [0.25, 0.3) is 10.1 Å². The number of nitrogens with zero attached hydrogens (tertiary/aromatic N) is 1. The van der Waals surface area contributed by atoms with Crippen molar-refractivity contribution in [1.82, 2.24) is 0 Å². The molecular formula is C8H13NO3S. The first kappa shape index (κ1) is 10.5. The summed E-state index contributed by atoms with van der Waals surface area (Å²) in [5.74, 6) is -0.0412. The van der Waals surface area contributed by atoms with Crippen molar-refractivity contribution in [2.24, 2.45) is 5.92 Å². The van der Waals surface area contributed by atoms with Crippen LogP contribution in [0.25, 0.3) is 0 Å². The number of hydrogen-bond acceptors (Lipinski definition) is 4. The van der Waals surface area contributed by atoms with E-state index < -0.39 is 10.1 Å². The highest BCUT2D eigenvalue weighted by Gasteiger charge is 2.24. The molecule has 0 heterocycles. The van der Waals surface area contributed by atoms with Crippen molar-refractivity contribution < 1.29 is 12.6 Å². The zero-order valence-corrected chi connectivity index (χ0v) is 8.38. The molecule has 4 nitrogen and oxygen atoms in total. The van der Waals surface area contributed by atoms with Crippen molar-refractivity contribution in [2.45, 2.75) is 31.8 Å². The molecule has 1 rings (SSSR count). The first-order chi connectivity index (χ1) is 6.01. The van der Waals surface area contributed by atoms with E-state index in [1.807, 2.05) is 0 Å². The van der Waals surface area contributed by atoms with E-state index >= 15 is 0 Å². The first-order valence-corrected chi connectivity index (χ1v) is 6.11. The molecule has 2 unspecified atom stereocenters. The Kier molecular flexibility index (Phi) is 3.28. The lowest BCUT2D eigenvalue weighted by atomic mass is 9.88. The fourth-order valence-electron chi connectivity index (χ4n) is 1.60. The molecule has 0 aromatic carbocycles. The number of hydrogen-bond donors (Lipinski definition) is 0. The summed E-state index contributed by atoms with van der Waals surface area (Å²) in [5, 5.41) is 8.65. The topological polar surface area (TPSA) is 67.2 Å². The van der Waals surface area contributed by atoms with Crippen LogP contribution in [0.3, 0.4) is 0 Å². The molecule has 0 aromatic heterocycles. The van der Waals surface area contributed by atoms with Crippen LogP contribution < -0.4 is 0 Å². The SMILES string of the molecule is CS(=O)(=O)OC1CCCC(C#N)C1. The zero-order valence-electron chi connectivity index (χ0n) is 7.56. The van der Waals surface area contributed by atoms with E-state index in [9.17, 15) is 8.42 Å². The first-order valence-electron chi connectivity index (χ1n) is 4.29. The van der Waals surface area contributed by atoms with Gasteiger partial charge >= 0.3 is 0 Å². The number of rotatable bonds is 2. The molecule has 0 bridgehead atoms. The van der Waals surface area contributed by atoms with E-state index in [1.165, 1.54) is 0 Å². The van der Waals surface area contributed by atoms with Gasteiger partial charge in [-0.2, -0.15) is 13.7 Å². The van der Waals surface area contributed by atoms with E-state index in [-0.39, 0.29) is 12.0 Å². The second kappa shape index (κ2) is 4.07. The fourth-order valence-corrected chi connectivity index (χ4v) is 2.27. The largest absolute Gasteiger partial charge is 0.267 e. The molecule has 0 amide bonds. The summed E-state index contributed by atoms with van der Waals surface area (Å²) in [7, 11) is -3.36. The van der Waals surface area contributed by atoms with Gasteiger partial charge < -0.3 is 0 Å². The van der Waals surface area contributed by atoms with Gasteiger partial charge in [0, 0.05) is 5.92 Å². The quantitative estimate of drug-likeness (QED) is 0.629. The molecule has 5 heteroatoms. The van der Waals surface area contributed by atoms with Crippen LogP contribution >= 0.6 is 0 Å². The third kappa shape index (κ3) is 3.75. The van der Waals surface area contributed by atoms with Gasteiger partial charge in [-0.1, -0.05) is 0 Å². The van der Waals surface area contributed by atoms with Crippen LogP contribution in [-0.4, -0.2) is 20.8 Å². The molecule has 0 saturated heterocycles. The highest BCUT2D eigenvalue weighted by molar-refractivity contribution is 7.86. The maximum atomic E-state index is 10.8.